The van der Waals surface area contributed by atoms with E-state index < -0.39 is 0 Å². The third-order valence-electron chi connectivity index (χ3n) is 4.25. The van der Waals surface area contributed by atoms with Gasteiger partial charge in [0.15, 0.2) is 0 Å². The van der Waals surface area contributed by atoms with Crippen LogP contribution in [0.25, 0.3) is 0 Å². The predicted molar refractivity (Wildman–Crippen MR) is 77.6 cm³/mol. The molecule has 5 heteroatoms. The molecule has 2 amide bonds. The van der Waals surface area contributed by atoms with E-state index in [4.69, 9.17) is 10.5 Å². The largest absolute Gasteiger partial charge is 0.376 e. The Morgan fingerprint density at radius 1 is 1.45 bits per heavy atom. The zero-order chi connectivity index (χ0) is 14.1. The summed E-state index contributed by atoms with van der Waals surface area (Å²) in [6, 6.07) is 7.41. The molecule has 0 spiro atoms. The number of aryl methyl sites for hydroxylation is 1. The zero-order valence-corrected chi connectivity index (χ0v) is 11.6. The molecule has 1 aromatic rings. The average molecular weight is 275 g/mol. The van der Waals surface area contributed by atoms with E-state index in [-0.39, 0.29) is 24.2 Å². The fourth-order valence-corrected chi connectivity index (χ4v) is 3.17. The zero-order valence-electron chi connectivity index (χ0n) is 11.6. The van der Waals surface area contributed by atoms with Gasteiger partial charge in [0.2, 0.25) is 0 Å². The molecule has 4 N–H and O–H groups in total. The second-order valence-electron chi connectivity index (χ2n) is 5.71. The number of urea groups is 1. The van der Waals surface area contributed by atoms with E-state index in [1.807, 2.05) is 31.2 Å². The summed E-state index contributed by atoms with van der Waals surface area (Å²) in [5, 5.41) is 5.77. The molecule has 5 nitrogen and oxygen atoms in total. The Morgan fingerprint density at radius 3 is 3.10 bits per heavy atom. The van der Waals surface area contributed by atoms with Gasteiger partial charge < -0.3 is 21.1 Å². The summed E-state index contributed by atoms with van der Waals surface area (Å²) in [6.45, 7) is 2.76. The maximum atomic E-state index is 12.0. The third-order valence-corrected chi connectivity index (χ3v) is 4.25. The Balaban J connectivity index is 1.57. The molecule has 2 fully saturated rings. The normalized spacial score (nSPS) is 31.9. The number of hydrogen-bond donors (Lipinski definition) is 3. The SMILES string of the molecule is Cc1cccc(NC(=O)NC2C(N)C3CCCOC32)c1. The van der Waals surface area contributed by atoms with Crippen molar-refractivity contribution in [2.75, 3.05) is 11.9 Å². The molecule has 4 atom stereocenters. The van der Waals surface area contributed by atoms with E-state index in [1.165, 1.54) is 0 Å². The molecule has 0 radical (unpaired) electrons. The van der Waals surface area contributed by atoms with Crippen LogP contribution >= 0.6 is 0 Å². The number of hydrogen-bond acceptors (Lipinski definition) is 3. The van der Waals surface area contributed by atoms with Gasteiger partial charge in [-0.1, -0.05) is 12.1 Å². The molecular weight excluding hydrogens is 254 g/mol. The number of carbonyl (C=O) groups excluding carboxylic acids is 1. The molecule has 1 aliphatic carbocycles. The summed E-state index contributed by atoms with van der Waals surface area (Å²) in [6.07, 6.45) is 2.25. The van der Waals surface area contributed by atoms with E-state index in [0.717, 1.165) is 30.7 Å². The lowest BCUT2D eigenvalue weighted by atomic mass is 9.69. The van der Waals surface area contributed by atoms with Gasteiger partial charge in [0.05, 0.1) is 12.1 Å². The molecule has 0 aromatic heterocycles. The summed E-state index contributed by atoms with van der Waals surface area (Å²) >= 11 is 0. The van der Waals surface area contributed by atoms with E-state index >= 15 is 0 Å². The number of ether oxygens (including phenoxy) is 1. The summed E-state index contributed by atoms with van der Waals surface area (Å²) < 4.78 is 5.71. The Kier molecular flexibility index (Phi) is 3.63. The number of rotatable bonds is 2. The van der Waals surface area contributed by atoms with Crippen molar-refractivity contribution in [3.05, 3.63) is 29.8 Å². The molecule has 1 saturated heterocycles. The Labute approximate surface area is 118 Å². The number of amides is 2. The van der Waals surface area contributed by atoms with E-state index in [2.05, 4.69) is 10.6 Å². The topological polar surface area (TPSA) is 76.4 Å². The Morgan fingerprint density at radius 2 is 2.30 bits per heavy atom. The Bertz CT molecular complexity index is 506. The summed E-state index contributed by atoms with van der Waals surface area (Å²) in [5.74, 6) is 0.396. The molecule has 1 heterocycles. The van der Waals surface area contributed by atoms with Gasteiger partial charge in [-0.3, -0.25) is 0 Å². The first kappa shape index (κ1) is 13.4. The van der Waals surface area contributed by atoms with Gasteiger partial charge in [-0.05, 0) is 37.5 Å². The van der Waals surface area contributed by atoms with Crippen molar-refractivity contribution in [3.8, 4) is 0 Å². The van der Waals surface area contributed by atoms with Gasteiger partial charge in [0.1, 0.15) is 0 Å². The molecule has 0 bridgehead atoms. The van der Waals surface area contributed by atoms with Crippen LogP contribution < -0.4 is 16.4 Å². The van der Waals surface area contributed by atoms with Crippen LogP contribution in [0.2, 0.25) is 0 Å². The predicted octanol–water partition coefficient (Wildman–Crippen LogP) is 1.62. The monoisotopic (exact) mass is 275 g/mol. The van der Waals surface area contributed by atoms with Crippen LogP contribution in [0.4, 0.5) is 10.5 Å². The quantitative estimate of drug-likeness (QED) is 0.767. The van der Waals surface area contributed by atoms with Crippen molar-refractivity contribution in [2.24, 2.45) is 11.7 Å². The van der Waals surface area contributed by atoms with Crippen LogP contribution in [-0.4, -0.2) is 30.8 Å². The Hall–Kier alpha value is -1.59. The first-order valence-electron chi connectivity index (χ1n) is 7.16. The van der Waals surface area contributed by atoms with E-state index in [1.54, 1.807) is 0 Å². The summed E-state index contributed by atoms with van der Waals surface area (Å²) in [4.78, 5) is 12.0. The summed E-state index contributed by atoms with van der Waals surface area (Å²) in [5.41, 5.74) is 8.02. The minimum absolute atomic E-state index is 0.00330. The molecule has 4 unspecified atom stereocenters. The van der Waals surface area contributed by atoms with Crippen molar-refractivity contribution in [2.45, 2.75) is 38.0 Å². The van der Waals surface area contributed by atoms with Gasteiger partial charge in [0.25, 0.3) is 0 Å². The fraction of sp³-hybridized carbons (Fsp3) is 0.533. The van der Waals surface area contributed by atoms with Crippen LogP contribution in [0.5, 0.6) is 0 Å². The van der Waals surface area contributed by atoms with Crippen LogP contribution in [-0.2, 0) is 4.74 Å². The lowest BCUT2D eigenvalue weighted by Gasteiger charge is -2.52. The van der Waals surface area contributed by atoms with Crippen LogP contribution in [0.3, 0.4) is 0 Å². The van der Waals surface area contributed by atoms with Crippen molar-refractivity contribution >= 4 is 11.7 Å². The van der Waals surface area contributed by atoms with E-state index in [0.29, 0.717) is 5.92 Å². The summed E-state index contributed by atoms with van der Waals surface area (Å²) in [7, 11) is 0. The number of nitrogens with one attached hydrogen (secondary N) is 2. The van der Waals surface area contributed by atoms with Gasteiger partial charge in [-0.15, -0.1) is 0 Å². The first-order chi connectivity index (χ1) is 9.65. The third kappa shape index (κ3) is 2.51. The molecule has 108 valence electrons. The lowest BCUT2D eigenvalue weighted by Crippen LogP contribution is -2.72. The van der Waals surface area contributed by atoms with Crippen molar-refractivity contribution in [1.82, 2.24) is 5.32 Å². The second kappa shape index (κ2) is 5.42. The number of anilines is 1. The molecule has 1 aliphatic heterocycles. The second-order valence-corrected chi connectivity index (χ2v) is 5.71. The molecule has 1 saturated carbocycles. The maximum Gasteiger partial charge on any atom is 0.319 e. The standard InChI is InChI=1S/C15H21N3O2/c1-9-4-2-5-10(8-9)17-15(19)18-13-12(16)11-6-3-7-20-14(11)13/h2,4-5,8,11-14H,3,6-7,16H2,1H3,(H2,17,18,19). The highest BCUT2D eigenvalue weighted by Crippen LogP contribution is 2.36. The highest BCUT2D eigenvalue weighted by atomic mass is 16.5. The minimum Gasteiger partial charge on any atom is -0.376 e. The first-order valence-corrected chi connectivity index (χ1v) is 7.16. The van der Waals surface area contributed by atoms with Crippen LogP contribution in [0.15, 0.2) is 24.3 Å². The van der Waals surface area contributed by atoms with Crippen molar-refractivity contribution < 1.29 is 9.53 Å². The molecular formula is C15H21N3O2. The number of benzene rings is 1. The smallest absolute Gasteiger partial charge is 0.319 e. The number of carbonyl (C=O) groups is 1. The molecule has 2 aliphatic rings. The van der Waals surface area contributed by atoms with Gasteiger partial charge in [-0.2, -0.15) is 0 Å². The molecule has 3 rings (SSSR count). The minimum atomic E-state index is -0.219. The fourth-order valence-electron chi connectivity index (χ4n) is 3.17. The highest BCUT2D eigenvalue weighted by molar-refractivity contribution is 5.89. The lowest BCUT2D eigenvalue weighted by molar-refractivity contribution is -0.116. The van der Waals surface area contributed by atoms with E-state index in [9.17, 15) is 4.79 Å². The number of fused-ring (bicyclic) bond motifs is 1. The highest BCUT2D eigenvalue weighted by Gasteiger charge is 2.51. The van der Waals surface area contributed by atoms with Crippen molar-refractivity contribution in [3.63, 3.8) is 0 Å². The van der Waals surface area contributed by atoms with Crippen LogP contribution in [0, 0.1) is 12.8 Å². The number of nitrogens with two attached hydrogens (primary N) is 1. The molecule has 20 heavy (non-hydrogen) atoms. The van der Waals surface area contributed by atoms with Crippen molar-refractivity contribution in [1.29, 1.82) is 0 Å². The average Bonchev–Trinajstić information content (AvgIpc) is 2.44. The van der Waals surface area contributed by atoms with Gasteiger partial charge >= 0.3 is 6.03 Å². The van der Waals surface area contributed by atoms with Crippen LogP contribution in [0.1, 0.15) is 18.4 Å². The molecule has 1 aromatic carbocycles. The maximum absolute atomic E-state index is 12.0. The van der Waals surface area contributed by atoms with Gasteiger partial charge in [0, 0.05) is 24.3 Å². The van der Waals surface area contributed by atoms with Gasteiger partial charge in [-0.25, -0.2) is 4.79 Å².